The van der Waals surface area contributed by atoms with Crippen LogP contribution in [0.3, 0.4) is 0 Å². The smallest absolute Gasteiger partial charge is 0.225 e. The Labute approximate surface area is 82.2 Å². The molecule has 0 radical (unpaired) electrons. The van der Waals surface area contributed by atoms with Crippen molar-refractivity contribution in [1.29, 1.82) is 0 Å². The van der Waals surface area contributed by atoms with Gasteiger partial charge in [-0.15, -0.1) is 0 Å². The van der Waals surface area contributed by atoms with Crippen LogP contribution in [-0.4, -0.2) is 24.1 Å². The van der Waals surface area contributed by atoms with Gasteiger partial charge in [0.1, 0.15) is 5.69 Å². The van der Waals surface area contributed by atoms with Crippen molar-refractivity contribution >= 4 is 5.95 Å². The number of hydrogen-bond donors (Lipinski definition) is 0. The highest BCUT2D eigenvalue weighted by Crippen LogP contribution is 2.18. The summed E-state index contributed by atoms with van der Waals surface area (Å²) in [5.41, 5.74) is 0.800. The van der Waals surface area contributed by atoms with Gasteiger partial charge in [0.25, 0.3) is 0 Å². The van der Waals surface area contributed by atoms with Crippen molar-refractivity contribution < 1.29 is 4.42 Å². The molecule has 2 aromatic heterocycles. The zero-order valence-corrected chi connectivity index (χ0v) is 8.14. The van der Waals surface area contributed by atoms with Gasteiger partial charge in [-0.3, -0.25) is 0 Å². The molecule has 0 spiro atoms. The normalized spacial score (nSPS) is 10.1. The van der Waals surface area contributed by atoms with E-state index in [0.717, 1.165) is 11.5 Å². The van der Waals surface area contributed by atoms with E-state index in [1.54, 1.807) is 12.5 Å². The molecular formula is C10H11N3O. The Balaban J connectivity index is 2.41. The van der Waals surface area contributed by atoms with Gasteiger partial charge in [-0.1, -0.05) is 0 Å². The molecule has 2 rings (SSSR count). The van der Waals surface area contributed by atoms with Gasteiger partial charge in [-0.25, -0.2) is 9.97 Å². The molecule has 0 aliphatic rings. The van der Waals surface area contributed by atoms with Crippen LogP contribution in [0.1, 0.15) is 0 Å². The van der Waals surface area contributed by atoms with E-state index in [9.17, 15) is 0 Å². The summed E-state index contributed by atoms with van der Waals surface area (Å²) in [6.07, 6.45) is 3.35. The summed E-state index contributed by atoms with van der Waals surface area (Å²) in [6, 6.07) is 5.54. The van der Waals surface area contributed by atoms with Crippen molar-refractivity contribution in [2.45, 2.75) is 0 Å². The Bertz CT molecular complexity index is 409. The molecule has 2 heterocycles. The first-order chi connectivity index (χ1) is 6.77. The van der Waals surface area contributed by atoms with E-state index in [1.165, 1.54) is 0 Å². The summed E-state index contributed by atoms with van der Waals surface area (Å²) < 4.78 is 5.25. The lowest BCUT2D eigenvalue weighted by atomic mass is 10.3. The standard InChI is InChI=1S/C10H11N3O/c1-13(2)10-11-6-5-8(12-10)9-4-3-7-14-9/h3-7H,1-2H3. The van der Waals surface area contributed by atoms with Gasteiger partial charge in [-0.2, -0.15) is 0 Å². The molecule has 0 aliphatic heterocycles. The highest BCUT2D eigenvalue weighted by molar-refractivity contribution is 5.53. The van der Waals surface area contributed by atoms with E-state index >= 15 is 0 Å². The molecular weight excluding hydrogens is 178 g/mol. The average Bonchev–Trinajstić information content (AvgIpc) is 2.71. The quantitative estimate of drug-likeness (QED) is 0.722. The predicted octanol–water partition coefficient (Wildman–Crippen LogP) is 1.80. The molecule has 0 N–H and O–H groups in total. The Kier molecular flexibility index (Phi) is 2.18. The zero-order valence-electron chi connectivity index (χ0n) is 8.14. The molecule has 72 valence electrons. The molecule has 0 amide bonds. The van der Waals surface area contributed by atoms with E-state index in [1.807, 2.05) is 37.2 Å². The number of anilines is 1. The van der Waals surface area contributed by atoms with E-state index in [4.69, 9.17) is 4.42 Å². The van der Waals surface area contributed by atoms with Crippen LogP contribution in [0.15, 0.2) is 35.1 Å². The number of aromatic nitrogens is 2. The van der Waals surface area contributed by atoms with Crippen molar-refractivity contribution in [3.8, 4) is 11.5 Å². The largest absolute Gasteiger partial charge is 0.463 e. The van der Waals surface area contributed by atoms with Crippen molar-refractivity contribution in [3.05, 3.63) is 30.7 Å². The fourth-order valence-corrected chi connectivity index (χ4v) is 1.13. The highest BCUT2D eigenvalue weighted by atomic mass is 16.3. The van der Waals surface area contributed by atoms with Crippen LogP contribution < -0.4 is 4.90 Å². The molecule has 0 aliphatic carbocycles. The van der Waals surface area contributed by atoms with Crippen LogP contribution in [0.5, 0.6) is 0 Å². The van der Waals surface area contributed by atoms with E-state index in [2.05, 4.69) is 9.97 Å². The van der Waals surface area contributed by atoms with Crippen LogP contribution in [0.25, 0.3) is 11.5 Å². The predicted molar refractivity (Wildman–Crippen MR) is 54.1 cm³/mol. The highest BCUT2D eigenvalue weighted by Gasteiger charge is 2.04. The molecule has 0 aromatic carbocycles. The average molecular weight is 189 g/mol. The van der Waals surface area contributed by atoms with Crippen molar-refractivity contribution in [3.63, 3.8) is 0 Å². The third-order valence-corrected chi connectivity index (χ3v) is 1.82. The number of hydrogen-bond acceptors (Lipinski definition) is 4. The molecule has 0 unspecified atom stereocenters. The van der Waals surface area contributed by atoms with Gasteiger partial charge in [0.2, 0.25) is 5.95 Å². The summed E-state index contributed by atoms with van der Waals surface area (Å²) in [4.78, 5) is 10.3. The van der Waals surface area contributed by atoms with E-state index in [-0.39, 0.29) is 0 Å². The number of rotatable bonds is 2. The topological polar surface area (TPSA) is 42.2 Å². The lowest BCUT2D eigenvalue weighted by Gasteiger charge is -2.09. The minimum atomic E-state index is 0.680. The fraction of sp³-hybridized carbons (Fsp3) is 0.200. The minimum Gasteiger partial charge on any atom is -0.463 e. The molecule has 0 saturated carbocycles. The van der Waals surface area contributed by atoms with Gasteiger partial charge in [0.05, 0.1) is 6.26 Å². The van der Waals surface area contributed by atoms with Crippen LogP contribution in [-0.2, 0) is 0 Å². The van der Waals surface area contributed by atoms with Crippen molar-refractivity contribution in [1.82, 2.24) is 9.97 Å². The van der Waals surface area contributed by atoms with Crippen LogP contribution in [0.2, 0.25) is 0 Å². The van der Waals surface area contributed by atoms with Crippen LogP contribution in [0, 0.1) is 0 Å². The maximum atomic E-state index is 5.25. The lowest BCUT2D eigenvalue weighted by Crippen LogP contribution is -2.12. The number of nitrogens with zero attached hydrogens (tertiary/aromatic N) is 3. The SMILES string of the molecule is CN(C)c1nccc(-c2ccco2)n1. The Morgan fingerprint density at radius 2 is 2.14 bits per heavy atom. The first kappa shape index (κ1) is 8.74. The Morgan fingerprint density at radius 1 is 1.29 bits per heavy atom. The van der Waals surface area contributed by atoms with Gasteiger partial charge < -0.3 is 9.32 Å². The van der Waals surface area contributed by atoms with Crippen molar-refractivity contribution in [2.24, 2.45) is 0 Å². The van der Waals surface area contributed by atoms with E-state index < -0.39 is 0 Å². The third-order valence-electron chi connectivity index (χ3n) is 1.82. The van der Waals surface area contributed by atoms with Gasteiger partial charge in [-0.05, 0) is 18.2 Å². The summed E-state index contributed by atoms with van der Waals surface area (Å²) in [5, 5.41) is 0. The summed E-state index contributed by atoms with van der Waals surface area (Å²) >= 11 is 0. The van der Waals surface area contributed by atoms with Crippen molar-refractivity contribution in [2.75, 3.05) is 19.0 Å². The van der Waals surface area contributed by atoms with Crippen LogP contribution >= 0.6 is 0 Å². The monoisotopic (exact) mass is 189 g/mol. The molecule has 2 aromatic rings. The van der Waals surface area contributed by atoms with E-state index in [0.29, 0.717) is 5.95 Å². The maximum absolute atomic E-state index is 5.25. The maximum Gasteiger partial charge on any atom is 0.225 e. The molecule has 4 nitrogen and oxygen atoms in total. The first-order valence-corrected chi connectivity index (χ1v) is 4.31. The molecule has 0 atom stereocenters. The van der Waals surface area contributed by atoms with Gasteiger partial charge in [0, 0.05) is 20.3 Å². The molecule has 0 fully saturated rings. The lowest BCUT2D eigenvalue weighted by molar-refractivity contribution is 0.580. The Hall–Kier alpha value is -1.84. The Morgan fingerprint density at radius 3 is 2.79 bits per heavy atom. The molecule has 4 heteroatoms. The minimum absolute atomic E-state index is 0.680. The number of furan rings is 1. The summed E-state index contributed by atoms with van der Waals surface area (Å²) in [7, 11) is 3.81. The molecule has 14 heavy (non-hydrogen) atoms. The van der Waals surface area contributed by atoms with Gasteiger partial charge in [0.15, 0.2) is 5.76 Å². The molecule has 0 bridgehead atoms. The summed E-state index contributed by atoms with van der Waals surface area (Å²) in [5.74, 6) is 1.44. The second kappa shape index (κ2) is 3.49. The zero-order chi connectivity index (χ0) is 9.97. The second-order valence-electron chi connectivity index (χ2n) is 3.11. The van der Waals surface area contributed by atoms with Gasteiger partial charge >= 0.3 is 0 Å². The molecule has 0 saturated heterocycles. The summed E-state index contributed by atoms with van der Waals surface area (Å²) in [6.45, 7) is 0. The second-order valence-corrected chi connectivity index (χ2v) is 3.11. The first-order valence-electron chi connectivity index (χ1n) is 4.31. The van der Waals surface area contributed by atoms with Crippen LogP contribution in [0.4, 0.5) is 5.95 Å². The third kappa shape index (κ3) is 1.59. The fourth-order valence-electron chi connectivity index (χ4n) is 1.13.